The fraction of sp³-hybridized carbons (Fsp3) is 0.111. The van der Waals surface area contributed by atoms with Gasteiger partial charge in [-0.05, 0) is 35.1 Å². The SMILES string of the molecule is COc1cccc2cccc(-c3ccccc3C)c12. The summed E-state index contributed by atoms with van der Waals surface area (Å²) in [5.74, 6) is 0.927. The number of ether oxygens (including phenoxy) is 1. The predicted octanol–water partition coefficient (Wildman–Crippen LogP) is 4.82. The number of hydrogen-bond donors (Lipinski definition) is 0. The van der Waals surface area contributed by atoms with Crippen molar-refractivity contribution in [3.05, 3.63) is 66.2 Å². The Bertz CT molecular complexity index is 723. The molecule has 0 saturated carbocycles. The average Bonchev–Trinajstić information content (AvgIpc) is 2.46. The highest BCUT2D eigenvalue weighted by Gasteiger charge is 2.09. The number of rotatable bonds is 2. The summed E-state index contributed by atoms with van der Waals surface area (Å²) in [6, 6.07) is 21.0. The zero-order valence-corrected chi connectivity index (χ0v) is 11.2. The van der Waals surface area contributed by atoms with Crippen LogP contribution in [-0.4, -0.2) is 7.11 Å². The smallest absolute Gasteiger partial charge is 0.127 e. The van der Waals surface area contributed by atoms with Crippen molar-refractivity contribution in [2.24, 2.45) is 0 Å². The van der Waals surface area contributed by atoms with Crippen molar-refractivity contribution < 1.29 is 4.74 Å². The molecule has 0 saturated heterocycles. The second-order valence-corrected chi connectivity index (χ2v) is 4.68. The van der Waals surface area contributed by atoms with Gasteiger partial charge in [0, 0.05) is 5.39 Å². The van der Waals surface area contributed by atoms with Gasteiger partial charge in [-0.3, -0.25) is 0 Å². The second-order valence-electron chi connectivity index (χ2n) is 4.68. The molecule has 0 amide bonds. The van der Waals surface area contributed by atoms with Crippen LogP contribution in [0.4, 0.5) is 0 Å². The fourth-order valence-corrected chi connectivity index (χ4v) is 2.58. The first-order chi connectivity index (χ1) is 9.31. The lowest BCUT2D eigenvalue weighted by atomic mass is 9.95. The highest BCUT2D eigenvalue weighted by Crippen LogP contribution is 2.36. The molecule has 0 unspecified atom stereocenters. The molecule has 3 aromatic carbocycles. The first-order valence-electron chi connectivity index (χ1n) is 6.43. The van der Waals surface area contributed by atoms with Crippen LogP contribution in [0.15, 0.2) is 60.7 Å². The molecule has 0 aliphatic heterocycles. The minimum absolute atomic E-state index is 0.927. The Morgan fingerprint density at radius 3 is 2.16 bits per heavy atom. The van der Waals surface area contributed by atoms with Gasteiger partial charge in [0.05, 0.1) is 7.11 Å². The van der Waals surface area contributed by atoms with Crippen LogP contribution in [0.2, 0.25) is 0 Å². The van der Waals surface area contributed by atoms with Gasteiger partial charge in [0.1, 0.15) is 5.75 Å². The van der Waals surface area contributed by atoms with Crippen LogP contribution < -0.4 is 4.74 Å². The van der Waals surface area contributed by atoms with Crippen molar-refractivity contribution in [3.63, 3.8) is 0 Å². The first-order valence-corrected chi connectivity index (χ1v) is 6.43. The summed E-state index contributed by atoms with van der Waals surface area (Å²) >= 11 is 0. The molecule has 0 N–H and O–H groups in total. The van der Waals surface area contributed by atoms with Crippen LogP contribution in [0.3, 0.4) is 0 Å². The highest BCUT2D eigenvalue weighted by atomic mass is 16.5. The third-order valence-electron chi connectivity index (χ3n) is 3.52. The summed E-state index contributed by atoms with van der Waals surface area (Å²) in [5, 5.41) is 2.39. The van der Waals surface area contributed by atoms with E-state index in [1.54, 1.807) is 7.11 Å². The third-order valence-corrected chi connectivity index (χ3v) is 3.52. The normalized spacial score (nSPS) is 10.6. The zero-order chi connectivity index (χ0) is 13.2. The van der Waals surface area contributed by atoms with E-state index in [2.05, 4.69) is 55.5 Å². The van der Waals surface area contributed by atoms with E-state index >= 15 is 0 Å². The number of aryl methyl sites for hydroxylation is 1. The second kappa shape index (κ2) is 4.77. The van der Waals surface area contributed by atoms with Crippen LogP contribution in [-0.2, 0) is 0 Å². The molecular weight excluding hydrogens is 232 g/mol. The summed E-state index contributed by atoms with van der Waals surface area (Å²) in [7, 11) is 1.73. The maximum atomic E-state index is 5.53. The molecule has 0 fully saturated rings. The largest absolute Gasteiger partial charge is 0.496 e. The van der Waals surface area contributed by atoms with Crippen molar-refractivity contribution in [1.82, 2.24) is 0 Å². The highest BCUT2D eigenvalue weighted by molar-refractivity contribution is 6.01. The van der Waals surface area contributed by atoms with Gasteiger partial charge in [0.2, 0.25) is 0 Å². The number of methoxy groups -OCH3 is 1. The average molecular weight is 248 g/mol. The van der Waals surface area contributed by atoms with Crippen LogP contribution in [0.25, 0.3) is 21.9 Å². The van der Waals surface area contributed by atoms with Crippen LogP contribution in [0, 0.1) is 6.92 Å². The lowest BCUT2D eigenvalue weighted by Gasteiger charge is -2.12. The molecule has 0 atom stereocenters. The Hall–Kier alpha value is -2.28. The maximum Gasteiger partial charge on any atom is 0.127 e. The van der Waals surface area contributed by atoms with E-state index in [0.29, 0.717) is 0 Å². The van der Waals surface area contributed by atoms with Gasteiger partial charge in [0.15, 0.2) is 0 Å². The number of fused-ring (bicyclic) bond motifs is 1. The molecule has 0 aliphatic rings. The van der Waals surface area contributed by atoms with E-state index in [0.717, 1.165) is 5.75 Å². The molecule has 1 nitrogen and oxygen atoms in total. The monoisotopic (exact) mass is 248 g/mol. The summed E-state index contributed by atoms with van der Waals surface area (Å²) in [6.45, 7) is 2.14. The topological polar surface area (TPSA) is 9.23 Å². The summed E-state index contributed by atoms with van der Waals surface area (Å²) in [5.41, 5.74) is 3.77. The number of hydrogen-bond acceptors (Lipinski definition) is 1. The minimum atomic E-state index is 0.927. The Labute approximate surface area is 113 Å². The quantitative estimate of drug-likeness (QED) is 0.631. The van der Waals surface area contributed by atoms with Gasteiger partial charge in [0.25, 0.3) is 0 Å². The summed E-state index contributed by atoms with van der Waals surface area (Å²) in [6.07, 6.45) is 0. The standard InChI is InChI=1S/C18H16O/c1-13-7-3-4-10-15(13)16-11-5-8-14-9-6-12-17(19-2)18(14)16/h3-12H,1-2H3. The third kappa shape index (κ3) is 1.97. The first kappa shape index (κ1) is 11.8. The minimum Gasteiger partial charge on any atom is -0.496 e. The molecule has 3 aromatic rings. The Kier molecular flexibility index (Phi) is 2.96. The van der Waals surface area contributed by atoms with E-state index in [1.165, 1.54) is 27.5 Å². The molecule has 0 heterocycles. The molecule has 0 aromatic heterocycles. The van der Waals surface area contributed by atoms with Crippen LogP contribution in [0.5, 0.6) is 5.75 Å². The molecule has 0 bridgehead atoms. The lowest BCUT2D eigenvalue weighted by molar-refractivity contribution is 0.420. The molecular formula is C18H16O. The van der Waals surface area contributed by atoms with E-state index in [9.17, 15) is 0 Å². The van der Waals surface area contributed by atoms with E-state index in [-0.39, 0.29) is 0 Å². The fourth-order valence-electron chi connectivity index (χ4n) is 2.58. The molecule has 0 spiro atoms. The van der Waals surface area contributed by atoms with Gasteiger partial charge in [-0.2, -0.15) is 0 Å². The van der Waals surface area contributed by atoms with Gasteiger partial charge in [-0.1, -0.05) is 54.6 Å². The predicted molar refractivity (Wildman–Crippen MR) is 80.7 cm³/mol. The van der Waals surface area contributed by atoms with Crippen LogP contribution in [0.1, 0.15) is 5.56 Å². The molecule has 94 valence electrons. The van der Waals surface area contributed by atoms with Gasteiger partial charge < -0.3 is 4.74 Å². The molecule has 0 aliphatic carbocycles. The van der Waals surface area contributed by atoms with Crippen molar-refractivity contribution in [2.75, 3.05) is 7.11 Å². The van der Waals surface area contributed by atoms with Crippen molar-refractivity contribution >= 4 is 10.8 Å². The number of benzene rings is 3. The van der Waals surface area contributed by atoms with Crippen LogP contribution >= 0.6 is 0 Å². The molecule has 3 rings (SSSR count). The van der Waals surface area contributed by atoms with Crippen molar-refractivity contribution in [2.45, 2.75) is 6.92 Å². The van der Waals surface area contributed by atoms with E-state index in [4.69, 9.17) is 4.74 Å². The van der Waals surface area contributed by atoms with Crippen molar-refractivity contribution in [3.8, 4) is 16.9 Å². The molecule has 1 heteroatoms. The van der Waals surface area contributed by atoms with E-state index in [1.807, 2.05) is 12.1 Å². The molecule has 19 heavy (non-hydrogen) atoms. The lowest BCUT2D eigenvalue weighted by Crippen LogP contribution is -1.89. The van der Waals surface area contributed by atoms with Gasteiger partial charge in [-0.15, -0.1) is 0 Å². The van der Waals surface area contributed by atoms with Gasteiger partial charge >= 0.3 is 0 Å². The Morgan fingerprint density at radius 2 is 1.42 bits per heavy atom. The van der Waals surface area contributed by atoms with E-state index < -0.39 is 0 Å². The Morgan fingerprint density at radius 1 is 0.737 bits per heavy atom. The maximum absolute atomic E-state index is 5.53. The van der Waals surface area contributed by atoms with Gasteiger partial charge in [-0.25, -0.2) is 0 Å². The molecule has 0 radical (unpaired) electrons. The summed E-state index contributed by atoms with van der Waals surface area (Å²) < 4.78 is 5.53. The van der Waals surface area contributed by atoms with Crippen molar-refractivity contribution in [1.29, 1.82) is 0 Å². The Balaban J connectivity index is 2.39. The zero-order valence-electron chi connectivity index (χ0n) is 11.2. The summed E-state index contributed by atoms with van der Waals surface area (Å²) in [4.78, 5) is 0.